The average Bonchev–Trinajstić information content (AvgIpc) is 3.32. The number of carbonyl (C=O) groups is 4. The maximum absolute atomic E-state index is 15.1. The van der Waals surface area contributed by atoms with Gasteiger partial charge in [-0.15, -0.1) is 0 Å². The second kappa shape index (κ2) is 11.3. The summed E-state index contributed by atoms with van der Waals surface area (Å²) >= 11 is 0. The maximum atomic E-state index is 15.1. The van der Waals surface area contributed by atoms with Crippen molar-refractivity contribution in [2.75, 3.05) is 62.2 Å². The Kier molecular flexibility index (Phi) is 7.83. The van der Waals surface area contributed by atoms with Crippen LogP contribution in [0.2, 0.25) is 0 Å². The molecule has 0 saturated carbocycles. The van der Waals surface area contributed by atoms with Crippen molar-refractivity contribution < 1.29 is 28.7 Å². The molecule has 0 bridgehead atoms. The lowest BCUT2D eigenvalue weighted by Crippen LogP contribution is -2.52. The van der Waals surface area contributed by atoms with Gasteiger partial charge in [0.05, 0.1) is 12.1 Å². The van der Waals surface area contributed by atoms with E-state index in [0.29, 0.717) is 50.5 Å². The van der Waals surface area contributed by atoms with Gasteiger partial charge < -0.3 is 19.8 Å². The minimum Gasteiger partial charge on any atom is -0.481 e. The second-order valence-corrected chi connectivity index (χ2v) is 10.8. The Bertz CT molecular complexity index is 1100. The summed E-state index contributed by atoms with van der Waals surface area (Å²) in [5.74, 6) is -1.28. The van der Waals surface area contributed by atoms with Gasteiger partial charge in [0.1, 0.15) is 11.9 Å². The van der Waals surface area contributed by atoms with Crippen molar-refractivity contribution >= 4 is 35.1 Å². The zero-order valence-electron chi connectivity index (χ0n) is 21.7. The van der Waals surface area contributed by atoms with E-state index in [0.717, 1.165) is 56.8 Å². The summed E-state index contributed by atoms with van der Waals surface area (Å²) in [6.07, 6.45) is 3.23. The first-order valence-electron chi connectivity index (χ1n) is 13.7. The molecule has 4 aliphatic rings. The van der Waals surface area contributed by atoms with Crippen LogP contribution >= 0.6 is 0 Å². The molecule has 0 radical (unpaired) electrons. The van der Waals surface area contributed by atoms with E-state index in [9.17, 15) is 19.2 Å². The van der Waals surface area contributed by atoms with E-state index < -0.39 is 12.0 Å². The molecule has 1 aromatic carbocycles. The highest BCUT2D eigenvalue weighted by Gasteiger charge is 2.37. The third-order valence-corrected chi connectivity index (χ3v) is 8.43. The number of carboxylic acid groups (broad SMARTS) is 1. The molecule has 0 spiro atoms. The molecule has 3 saturated heterocycles. The Labute approximate surface area is 221 Å². The highest BCUT2D eigenvalue weighted by atomic mass is 19.1. The van der Waals surface area contributed by atoms with E-state index in [4.69, 9.17) is 5.11 Å². The number of hydrogen-bond donors (Lipinski definition) is 2. The fourth-order valence-corrected chi connectivity index (χ4v) is 6.37. The summed E-state index contributed by atoms with van der Waals surface area (Å²) in [5.41, 5.74) is 2.48. The van der Waals surface area contributed by atoms with Crippen LogP contribution in [0.15, 0.2) is 12.1 Å². The summed E-state index contributed by atoms with van der Waals surface area (Å²) in [7, 11) is 0. The van der Waals surface area contributed by atoms with Gasteiger partial charge in [-0.1, -0.05) is 0 Å². The first-order valence-corrected chi connectivity index (χ1v) is 13.7. The van der Waals surface area contributed by atoms with Gasteiger partial charge in [0.2, 0.25) is 17.7 Å². The number of aliphatic carboxylic acids is 1. The largest absolute Gasteiger partial charge is 0.481 e. The van der Waals surface area contributed by atoms with Crippen LogP contribution in [0, 0.1) is 11.7 Å². The van der Waals surface area contributed by atoms with Gasteiger partial charge in [-0.3, -0.25) is 29.4 Å². The number of hydrogen-bond acceptors (Lipinski definition) is 7. The third kappa shape index (κ3) is 5.62. The molecule has 3 amide bonds. The smallest absolute Gasteiger partial charge is 0.303 e. The van der Waals surface area contributed by atoms with Crippen LogP contribution in [0.1, 0.15) is 44.1 Å². The quantitative estimate of drug-likeness (QED) is 0.507. The molecule has 3 fully saturated rings. The van der Waals surface area contributed by atoms with Gasteiger partial charge in [0.25, 0.3) is 0 Å². The predicted octanol–water partition coefficient (Wildman–Crippen LogP) is 1.22. The number of likely N-dealkylation sites (tertiary alicyclic amines) is 1. The van der Waals surface area contributed by atoms with Crippen LogP contribution in [-0.2, 0) is 25.6 Å². The number of nitrogens with zero attached hydrogens (tertiary/aromatic N) is 4. The Morgan fingerprint density at radius 1 is 0.947 bits per heavy atom. The van der Waals surface area contributed by atoms with Crippen molar-refractivity contribution in [3.8, 4) is 0 Å². The van der Waals surface area contributed by atoms with E-state index in [1.54, 1.807) is 11.0 Å². The zero-order valence-corrected chi connectivity index (χ0v) is 21.7. The minimum atomic E-state index is -0.945. The van der Waals surface area contributed by atoms with Gasteiger partial charge in [-0.25, -0.2) is 4.39 Å². The lowest BCUT2D eigenvalue weighted by molar-refractivity contribution is -0.141. The standard InChI is InChI=1S/C27H36FN5O5/c28-20-1-2-21-19(9-12-33(21)22-3-4-23(34)29-27(22)38)26(20)32-15-13-30(14-16-32)17-18-7-10-31(11-8-18)24(35)5-6-25(36)37/h1-2,18,22H,3-17H2,(H,36,37)(H,29,34,38). The van der Waals surface area contributed by atoms with Gasteiger partial charge in [-0.05, 0) is 43.7 Å². The Balaban J connectivity index is 1.15. The van der Waals surface area contributed by atoms with Crippen molar-refractivity contribution in [3.05, 3.63) is 23.5 Å². The number of amides is 3. The highest BCUT2D eigenvalue weighted by molar-refractivity contribution is 6.02. The Hall–Kier alpha value is -3.21. The number of benzene rings is 1. The molecule has 1 aromatic rings. The van der Waals surface area contributed by atoms with E-state index >= 15 is 4.39 Å². The molecule has 38 heavy (non-hydrogen) atoms. The van der Waals surface area contributed by atoms with Gasteiger partial charge in [-0.2, -0.15) is 0 Å². The molecule has 5 rings (SSSR count). The maximum Gasteiger partial charge on any atom is 0.303 e. The summed E-state index contributed by atoms with van der Waals surface area (Å²) in [5, 5.41) is 11.2. The number of anilines is 2. The van der Waals surface area contributed by atoms with Crippen LogP contribution in [0.25, 0.3) is 0 Å². The molecule has 206 valence electrons. The topological polar surface area (TPSA) is 114 Å². The van der Waals surface area contributed by atoms with Crippen LogP contribution < -0.4 is 15.1 Å². The number of halogens is 1. The second-order valence-electron chi connectivity index (χ2n) is 10.8. The molecule has 4 heterocycles. The molecule has 4 aliphatic heterocycles. The van der Waals surface area contributed by atoms with Gasteiger partial charge in [0, 0.05) is 76.5 Å². The number of fused-ring (bicyclic) bond motifs is 1. The monoisotopic (exact) mass is 529 g/mol. The highest BCUT2D eigenvalue weighted by Crippen LogP contribution is 2.40. The third-order valence-electron chi connectivity index (χ3n) is 8.43. The van der Waals surface area contributed by atoms with E-state index in [2.05, 4.69) is 15.1 Å². The number of imide groups is 1. The van der Waals surface area contributed by atoms with Crippen LogP contribution in [0.3, 0.4) is 0 Å². The van der Waals surface area contributed by atoms with Gasteiger partial charge in [0.15, 0.2) is 0 Å². The molecule has 2 N–H and O–H groups in total. The SMILES string of the molecule is O=C(O)CCC(=O)N1CCC(CN2CCN(c3c(F)ccc4c3CCN4C3CCC(=O)NC3=O)CC2)CC1. The van der Waals surface area contributed by atoms with Crippen molar-refractivity contribution in [3.63, 3.8) is 0 Å². The summed E-state index contributed by atoms with van der Waals surface area (Å²) in [6, 6.07) is 2.86. The molecule has 1 unspecified atom stereocenters. The Morgan fingerprint density at radius 2 is 1.68 bits per heavy atom. The normalized spacial score (nSPS) is 23.0. The lowest BCUT2D eigenvalue weighted by Gasteiger charge is -2.40. The van der Waals surface area contributed by atoms with Crippen molar-refractivity contribution in [1.82, 2.24) is 15.1 Å². The lowest BCUT2D eigenvalue weighted by atomic mass is 9.95. The zero-order chi connectivity index (χ0) is 26.8. The number of carbonyl (C=O) groups excluding carboxylic acids is 3. The summed E-state index contributed by atoms with van der Waals surface area (Å²) in [6.45, 7) is 6.04. The number of carboxylic acids is 1. The average molecular weight is 530 g/mol. The van der Waals surface area contributed by atoms with Crippen LogP contribution in [-0.4, -0.2) is 97.0 Å². The van der Waals surface area contributed by atoms with E-state index in [1.807, 2.05) is 4.90 Å². The van der Waals surface area contributed by atoms with Crippen LogP contribution in [0.4, 0.5) is 15.8 Å². The number of rotatable bonds is 7. The van der Waals surface area contributed by atoms with Crippen LogP contribution in [0.5, 0.6) is 0 Å². The van der Waals surface area contributed by atoms with Crippen molar-refractivity contribution in [2.24, 2.45) is 5.92 Å². The van der Waals surface area contributed by atoms with E-state index in [1.165, 1.54) is 6.07 Å². The molecular weight excluding hydrogens is 493 g/mol. The summed E-state index contributed by atoms with van der Waals surface area (Å²) < 4.78 is 15.1. The fourth-order valence-electron chi connectivity index (χ4n) is 6.37. The molecule has 1 atom stereocenters. The molecular formula is C27H36FN5O5. The Morgan fingerprint density at radius 3 is 2.37 bits per heavy atom. The first kappa shape index (κ1) is 26.4. The molecule has 0 aromatic heterocycles. The van der Waals surface area contributed by atoms with Crippen molar-refractivity contribution in [2.45, 2.75) is 51.0 Å². The summed E-state index contributed by atoms with van der Waals surface area (Å²) in [4.78, 5) is 55.3. The van der Waals surface area contributed by atoms with Crippen molar-refractivity contribution in [1.29, 1.82) is 0 Å². The predicted molar refractivity (Wildman–Crippen MR) is 138 cm³/mol. The van der Waals surface area contributed by atoms with Gasteiger partial charge >= 0.3 is 5.97 Å². The molecule has 0 aliphatic carbocycles. The number of piperazine rings is 1. The molecule has 10 nitrogen and oxygen atoms in total. The first-order chi connectivity index (χ1) is 18.3. The van der Waals surface area contributed by atoms with E-state index in [-0.39, 0.29) is 36.4 Å². The number of nitrogens with one attached hydrogen (secondary N) is 1. The number of piperidine rings is 2. The molecule has 11 heteroatoms. The minimum absolute atomic E-state index is 0.0625. The fraction of sp³-hybridized carbons (Fsp3) is 0.630.